The number of para-hydroxylation sites is 3. The fourth-order valence-corrected chi connectivity index (χ4v) is 12.9. The van der Waals surface area contributed by atoms with E-state index in [1.807, 2.05) is 12.1 Å². The first-order valence-electron chi connectivity index (χ1n) is 22.9. The van der Waals surface area contributed by atoms with Crippen LogP contribution in [0, 0.1) is 22.7 Å². The molecule has 0 saturated heterocycles. The van der Waals surface area contributed by atoms with Crippen molar-refractivity contribution in [1.29, 1.82) is 10.5 Å². The van der Waals surface area contributed by atoms with E-state index < -0.39 is 5.41 Å². The van der Waals surface area contributed by atoms with Gasteiger partial charge >= 0.3 is 0 Å². The lowest BCUT2D eigenvalue weighted by atomic mass is 9.65. The van der Waals surface area contributed by atoms with Crippen LogP contribution in [0.1, 0.15) is 83.3 Å². The first kappa shape index (κ1) is 37.2. The van der Waals surface area contributed by atoms with Crippen molar-refractivity contribution in [1.82, 2.24) is 4.57 Å². The van der Waals surface area contributed by atoms with Crippen molar-refractivity contribution >= 4 is 21.8 Å². The van der Waals surface area contributed by atoms with Crippen LogP contribution in [0.3, 0.4) is 0 Å². The first-order valence-corrected chi connectivity index (χ1v) is 22.9. The molecule has 0 amide bonds. The van der Waals surface area contributed by atoms with E-state index >= 15 is 0 Å². The third-order valence-electron chi connectivity index (χ3n) is 16.1. The average Bonchev–Trinajstić information content (AvgIpc) is 4.00. The van der Waals surface area contributed by atoms with Crippen LogP contribution in [0.5, 0.6) is 0 Å². The van der Waals surface area contributed by atoms with Gasteiger partial charge in [-0.25, -0.2) is 0 Å². The number of benzene rings is 9. The normalized spacial score (nSPS) is 16.8. The van der Waals surface area contributed by atoms with Gasteiger partial charge in [0.2, 0.25) is 0 Å². The number of fused-ring (bicyclic) bond motifs is 18. The van der Waals surface area contributed by atoms with Crippen LogP contribution in [0.25, 0.3) is 83.1 Å². The number of hydrogen-bond donors (Lipinski definition) is 0. The molecule has 0 radical (unpaired) electrons. The second-order valence-corrected chi connectivity index (χ2v) is 19.9. The maximum atomic E-state index is 9.81. The zero-order valence-electron chi connectivity index (χ0n) is 37.1. The summed E-state index contributed by atoms with van der Waals surface area (Å²) < 4.78 is 2.51. The van der Waals surface area contributed by atoms with Crippen LogP contribution >= 0.6 is 0 Å². The maximum absolute atomic E-state index is 9.81. The highest BCUT2D eigenvalue weighted by Crippen LogP contribution is 2.62. The Morgan fingerprint density at radius 1 is 0.364 bits per heavy atom. The fraction of sp³-hybridized carbons (Fsp3) is 0.111. The van der Waals surface area contributed by atoms with Gasteiger partial charge in [-0.2, -0.15) is 10.5 Å². The molecule has 1 spiro atoms. The van der Waals surface area contributed by atoms with E-state index in [1.165, 1.54) is 128 Å². The standard InChI is InChI=1S/C63H41N3/c1-61(2)53-28-36(34-64)16-22-42(53)44-24-18-39(31-55(44)61)38-21-27-50-49(30-38)46-26-20-41(40-19-25-45-43-23-17-37(35-65)29-54(43)62(3,4)56(45)32-40)33-57(46)63(50)51-12-6-8-15-59(51)66-58-14-7-5-10-47(58)48-11-9-13-52(63)60(48)66/h5-33H,1-4H3. The Hall–Kier alpha value is -8.24. The Morgan fingerprint density at radius 3 is 1.45 bits per heavy atom. The zero-order valence-corrected chi connectivity index (χ0v) is 37.1. The molecule has 3 nitrogen and oxygen atoms in total. The van der Waals surface area contributed by atoms with E-state index in [9.17, 15) is 10.5 Å². The molecule has 3 aliphatic carbocycles. The molecular weight excluding hydrogens is 799 g/mol. The summed E-state index contributed by atoms with van der Waals surface area (Å²) in [6.07, 6.45) is 0. The molecule has 1 aliphatic heterocycles. The van der Waals surface area contributed by atoms with Crippen LogP contribution in [0.2, 0.25) is 0 Å². The minimum absolute atomic E-state index is 0.241. The molecular formula is C63H41N3. The van der Waals surface area contributed by atoms with Crippen molar-refractivity contribution in [3.8, 4) is 73.5 Å². The summed E-state index contributed by atoms with van der Waals surface area (Å²) in [5.74, 6) is 0. The SMILES string of the molecule is CC1(C)c2cc(C#N)ccc2-c2ccc(-c3ccc4c(c3)-c3ccc(-c5ccc6c(c5)C(C)(C)c5cc(C#N)ccc5-6)cc3C43c4ccccc4-n4c5ccccc5c5cccc3c54)cc21. The molecule has 66 heavy (non-hydrogen) atoms. The van der Waals surface area contributed by atoms with Gasteiger partial charge < -0.3 is 4.57 Å². The molecule has 14 rings (SSSR count). The molecule has 2 heterocycles. The second kappa shape index (κ2) is 12.5. The van der Waals surface area contributed by atoms with Gasteiger partial charge in [0.1, 0.15) is 0 Å². The van der Waals surface area contributed by atoms with Gasteiger partial charge in [-0.15, -0.1) is 0 Å². The van der Waals surface area contributed by atoms with Gasteiger partial charge in [0.05, 0.1) is 45.4 Å². The van der Waals surface area contributed by atoms with Crippen molar-refractivity contribution in [2.24, 2.45) is 0 Å². The summed E-state index contributed by atoms with van der Waals surface area (Å²) >= 11 is 0. The highest BCUT2D eigenvalue weighted by Gasteiger charge is 2.51. The Bertz CT molecular complexity index is 3970. The molecule has 9 aromatic carbocycles. The van der Waals surface area contributed by atoms with E-state index in [1.54, 1.807) is 0 Å². The van der Waals surface area contributed by atoms with Gasteiger partial charge in [-0.3, -0.25) is 0 Å². The van der Waals surface area contributed by atoms with Crippen LogP contribution in [-0.2, 0) is 16.2 Å². The minimum Gasteiger partial charge on any atom is -0.309 e. The molecule has 0 N–H and O–H groups in total. The highest BCUT2D eigenvalue weighted by atomic mass is 15.0. The Balaban J connectivity index is 1.01. The highest BCUT2D eigenvalue weighted by molar-refractivity contribution is 6.13. The molecule has 1 aromatic heterocycles. The number of nitriles is 2. The monoisotopic (exact) mass is 839 g/mol. The fourth-order valence-electron chi connectivity index (χ4n) is 12.9. The molecule has 0 fully saturated rings. The molecule has 10 aromatic rings. The van der Waals surface area contributed by atoms with E-state index in [4.69, 9.17) is 0 Å². The molecule has 3 heteroatoms. The van der Waals surface area contributed by atoms with Crippen LogP contribution < -0.4 is 0 Å². The minimum atomic E-state index is -0.598. The van der Waals surface area contributed by atoms with Crippen LogP contribution in [-0.4, -0.2) is 4.57 Å². The van der Waals surface area contributed by atoms with Crippen molar-refractivity contribution in [3.63, 3.8) is 0 Å². The van der Waals surface area contributed by atoms with E-state index in [0.29, 0.717) is 11.1 Å². The Morgan fingerprint density at radius 2 is 0.833 bits per heavy atom. The van der Waals surface area contributed by atoms with Crippen molar-refractivity contribution in [3.05, 3.63) is 232 Å². The van der Waals surface area contributed by atoms with E-state index in [-0.39, 0.29) is 10.8 Å². The molecule has 1 atom stereocenters. The van der Waals surface area contributed by atoms with Crippen molar-refractivity contribution in [2.45, 2.75) is 43.9 Å². The maximum Gasteiger partial charge on any atom is 0.0991 e. The summed E-state index contributed by atoms with van der Waals surface area (Å²) in [7, 11) is 0. The molecule has 4 aliphatic rings. The second-order valence-electron chi connectivity index (χ2n) is 19.9. The summed E-state index contributed by atoms with van der Waals surface area (Å²) in [5, 5.41) is 22.1. The number of rotatable bonds is 2. The topological polar surface area (TPSA) is 52.5 Å². The van der Waals surface area contributed by atoms with Crippen LogP contribution in [0.15, 0.2) is 176 Å². The largest absolute Gasteiger partial charge is 0.309 e. The lowest BCUT2D eigenvalue weighted by molar-refractivity contribution is 0.660. The Kier molecular flexibility index (Phi) is 7.05. The molecule has 308 valence electrons. The van der Waals surface area contributed by atoms with Gasteiger partial charge in [0, 0.05) is 21.6 Å². The quantitative estimate of drug-likeness (QED) is 0.174. The third-order valence-corrected chi connectivity index (χ3v) is 16.1. The zero-order chi connectivity index (χ0) is 44.4. The summed E-state index contributed by atoms with van der Waals surface area (Å²) in [6.45, 7) is 9.15. The number of aromatic nitrogens is 1. The lowest BCUT2D eigenvalue weighted by Crippen LogP contribution is -2.33. The Labute approximate surface area is 384 Å². The predicted molar refractivity (Wildman–Crippen MR) is 267 cm³/mol. The third kappa shape index (κ3) is 4.45. The molecule has 0 bridgehead atoms. The van der Waals surface area contributed by atoms with Gasteiger partial charge in [-0.1, -0.05) is 143 Å². The van der Waals surface area contributed by atoms with Gasteiger partial charge in [0.25, 0.3) is 0 Å². The van der Waals surface area contributed by atoms with E-state index in [0.717, 1.165) is 0 Å². The van der Waals surface area contributed by atoms with Crippen molar-refractivity contribution < 1.29 is 0 Å². The molecule has 1 unspecified atom stereocenters. The first-order chi connectivity index (χ1) is 32.1. The van der Waals surface area contributed by atoms with Gasteiger partial charge in [0.15, 0.2) is 0 Å². The lowest BCUT2D eigenvalue weighted by Gasteiger charge is -2.39. The molecule has 0 saturated carbocycles. The number of nitrogens with zero attached hydrogens (tertiary/aromatic N) is 3. The average molecular weight is 840 g/mol. The van der Waals surface area contributed by atoms with Crippen molar-refractivity contribution in [2.75, 3.05) is 0 Å². The predicted octanol–water partition coefficient (Wildman–Crippen LogP) is 15.2. The smallest absolute Gasteiger partial charge is 0.0991 e. The summed E-state index contributed by atoms with van der Waals surface area (Å²) in [6, 6.07) is 70.3. The summed E-state index contributed by atoms with van der Waals surface area (Å²) in [5.41, 5.74) is 26.3. The van der Waals surface area contributed by atoms with E-state index in [2.05, 4.69) is 208 Å². The summed E-state index contributed by atoms with van der Waals surface area (Å²) in [4.78, 5) is 0. The number of hydrogen-bond acceptors (Lipinski definition) is 2. The van der Waals surface area contributed by atoms with Gasteiger partial charge in [-0.05, 0) is 161 Å². The van der Waals surface area contributed by atoms with Crippen LogP contribution in [0.4, 0.5) is 0 Å².